The van der Waals surface area contributed by atoms with Gasteiger partial charge in [0.05, 0.1) is 5.69 Å². The Morgan fingerprint density at radius 3 is 2.59 bits per heavy atom. The first-order valence-corrected chi connectivity index (χ1v) is 6.82. The van der Waals surface area contributed by atoms with Crippen LogP contribution >= 0.6 is 0 Å². The van der Waals surface area contributed by atoms with Gasteiger partial charge in [0.1, 0.15) is 0 Å². The minimum atomic E-state index is 0.671. The van der Waals surface area contributed by atoms with Crippen LogP contribution in [0.3, 0.4) is 0 Å². The summed E-state index contributed by atoms with van der Waals surface area (Å²) in [7, 11) is 2.07. The SMILES string of the molecule is Cc1c(CC(C)C)c(C2CCNCC2)nn1C. The van der Waals surface area contributed by atoms with E-state index in [0.717, 1.165) is 13.1 Å². The monoisotopic (exact) mass is 235 g/mol. The fourth-order valence-electron chi connectivity index (χ4n) is 2.76. The average Bonchev–Trinajstić information content (AvgIpc) is 2.58. The Labute approximate surface area is 105 Å². The van der Waals surface area contributed by atoms with Crippen LogP contribution in [0.25, 0.3) is 0 Å². The third-order valence-electron chi connectivity index (χ3n) is 3.83. The summed E-state index contributed by atoms with van der Waals surface area (Å²) in [5.74, 6) is 1.38. The normalized spacial score (nSPS) is 17.9. The summed E-state index contributed by atoms with van der Waals surface area (Å²) < 4.78 is 2.06. The second-order valence-corrected chi connectivity index (χ2v) is 5.70. The predicted molar refractivity (Wildman–Crippen MR) is 71.3 cm³/mol. The van der Waals surface area contributed by atoms with Gasteiger partial charge in [0, 0.05) is 18.7 Å². The van der Waals surface area contributed by atoms with Gasteiger partial charge < -0.3 is 5.32 Å². The highest BCUT2D eigenvalue weighted by molar-refractivity contribution is 5.29. The second kappa shape index (κ2) is 5.21. The van der Waals surface area contributed by atoms with Crippen LogP contribution in [0.1, 0.15) is 49.6 Å². The van der Waals surface area contributed by atoms with E-state index in [1.54, 1.807) is 0 Å². The van der Waals surface area contributed by atoms with Gasteiger partial charge in [-0.05, 0) is 50.8 Å². The summed E-state index contributed by atoms with van der Waals surface area (Å²) in [6.45, 7) is 9.06. The van der Waals surface area contributed by atoms with E-state index in [9.17, 15) is 0 Å². The molecule has 0 aliphatic carbocycles. The van der Waals surface area contributed by atoms with E-state index in [1.165, 1.54) is 36.2 Å². The van der Waals surface area contributed by atoms with Crippen molar-refractivity contribution in [2.75, 3.05) is 13.1 Å². The van der Waals surface area contributed by atoms with Gasteiger partial charge in [-0.15, -0.1) is 0 Å². The van der Waals surface area contributed by atoms with E-state index in [-0.39, 0.29) is 0 Å². The van der Waals surface area contributed by atoms with Gasteiger partial charge in [-0.1, -0.05) is 13.8 Å². The molecule has 1 saturated heterocycles. The maximum Gasteiger partial charge on any atom is 0.0691 e. The van der Waals surface area contributed by atoms with Crippen LogP contribution in [0.2, 0.25) is 0 Å². The number of hydrogen-bond donors (Lipinski definition) is 1. The maximum absolute atomic E-state index is 4.78. The summed E-state index contributed by atoms with van der Waals surface area (Å²) in [5.41, 5.74) is 4.24. The van der Waals surface area contributed by atoms with E-state index in [1.807, 2.05) is 0 Å². The molecule has 0 amide bonds. The molecule has 0 spiro atoms. The highest BCUT2D eigenvalue weighted by atomic mass is 15.3. The van der Waals surface area contributed by atoms with Gasteiger partial charge >= 0.3 is 0 Å². The Morgan fingerprint density at radius 2 is 2.00 bits per heavy atom. The first kappa shape index (κ1) is 12.6. The van der Waals surface area contributed by atoms with Gasteiger partial charge in [0.15, 0.2) is 0 Å². The Balaban J connectivity index is 2.28. The molecule has 0 aromatic carbocycles. The molecule has 3 nitrogen and oxygen atoms in total. The van der Waals surface area contributed by atoms with E-state index in [0.29, 0.717) is 11.8 Å². The van der Waals surface area contributed by atoms with E-state index >= 15 is 0 Å². The molecule has 0 atom stereocenters. The largest absolute Gasteiger partial charge is 0.317 e. The van der Waals surface area contributed by atoms with Crippen LogP contribution < -0.4 is 5.32 Å². The van der Waals surface area contributed by atoms with Crippen LogP contribution in [0.15, 0.2) is 0 Å². The maximum atomic E-state index is 4.78. The van der Waals surface area contributed by atoms with Crippen molar-refractivity contribution in [3.8, 4) is 0 Å². The average molecular weight is 235 g/mol. The van der Waals surface area contributed by atoms with Crippen LogP contribution in [-0.2, 0) is 13.5 Å². The van der Waals surface area contributed by atoms with Crippen molar-refractivity contribution in [1.82, 2.24) is 15.1 Å². The van der Waals surface area contributed by atoms with Crippen molar-refractivity contribution in [3.63, 3.8) is 0 Å². The lowest BCUT2D eigenvalue weighted by molar-refractivity contribution is 0.446. The first-order valence-electron chi connectivity index (χ1n) is 6.82. The molecule has 0 radical (unpaired) electrons. The summed E-state index contributed by atoms with van der Waals surface area (Å²) in [6, 6.07) is 0. The highest BCUT2D eigenvalue weighted by Gasteiger charge is 2.23. The highest BCUT2D eigenvalue weighted by Crippen LogP contribution is 2.30. The van der Waals surface area contributed by atoms with Gasteiger partial charge in [-0.3, -0.25) is 4.68 Å². The predicted octanol–water partition coefficient (Wildman–Crippen LogP) is 2.39. The molecule has 3 heteroatoms. The molecule has 0 unspecified atom stereocenters. The van der Waals surface area contributed by atoms with Crippen LogP contribution in [0.4, 0.5) is 0 Å². The third-order valence-corrected chi connectivity index (χ3v) is 3.83. The zero-order valence-corrected chi connectivity index (χ0v) is 11.6. The topological polar surface area (TPSA) is 29.9 Å². The van der Waals surface area contributed by atoms with E-state index in [2.05, 4.69) is 37.8 Å². The fourth-order valence-corrected chi connectivity index (χ4v) is 2.76. The molecule has 1 aromatic rings. The smallest absolute Gasteiger partial charge is 0.0691 e. The van der Waals surface area contributed by atoms with Crippen LogP contribution in [-0.4, -0.2) is 22.9 Å². The van der Waals surface area contributed by atoms with Gasteiger partial charge in [0.25, 0.3) is 0 Å². The summed E-state index contributed by atoms with van der Waals surface area (Å²) >= 11 is 0. The van der Waals surface area contributed by atoms with Gasteiger partial charge in [-0.25, -0.2) is 0 Å². The Bertz CT molecular complexity index is 373. The molecule has 1 N–H and O–H groups in total. The van der Waals surface area contributed by atoms with Crippen LogP contribution in [0.5, 0.6) is 0 Å². The van der Waals surface area contributed by atoms with Crippen molar-refractivity contribution in [1.29, 1.82) is 0 Å². The number of piperidine rings is 1. The van der Waals surface area contributed by atoms with E-state index < -0.39 is 0 Å². The number of nitrogens with zero attached hydrogens (tertiary/aromatic N) is 2. The lowest BCUT2D eigenvalue weighted by Gasteiger charge is -2.22. The lowest BCUT2D eigenvalue weighted by atomic mass is 9.89. The molecule has 0 bridgehead atoms. The molecule has 1 fully saturated rings. The molecule has 1 aliphatic rings. The summed E-state index contributed by atoms with van der Waals surface area (Å²) in [5, 5.41) is 8.21. The molecule has 96 valence electrons. The standard InChI is InChI=1S/C14H25N3/c1-10(2)9-13-11(3)17(4)16-14(13)12-5-7-15-8-6-12/h10,12,15H,5-9H2,1-4H3. The van der Waals surface area contributed by atoms with Gasteiger partial charge in [-0.2, -0.15) is 5.10 Å². The molecule has 2 heterocycles. The Hall–Kier alpha value is -0.830. The van der Waals surface area contributed by atoms with Crippen molar-refractivity contribution in [3.05, 3.63) is 17.0 Å². The molecular formula is C14H25N3. The summed E-state index contributed by atoms with van der Waals surface area (Å²) in [6.07, 6.45) is 3.64. The first-order chi connectivity index (χ1) is 8.09. The van der Waals surface area contributed by atoms with Crippen molar-refractivity contribution in [2.24, 2.45) is 13.0 Å². The Morgan fingerprint density at radius 1 is 1.35 bits per heavy atom. The fraction of sp³-hybridized carbons (Fsp3) is 0.786. The minimum absolute atomic E-state index is 0.671. The zero-order valence-electron chi connectivity index (χ0n) is 11.6. The number of aromatic nitrogens is 2. The lowest BCUT2D eigenvalue weighted by Crippen LogP contribution is -2.27. The molecule has 2 rings (SSSR count). The van der Waals surface area contributed by atoms with Crippen molar-refractivity contribution >= 4 is 0 Å². The van der Waals surface area contributed by atoms with Gasteiger partial charge in [0.2, 0.25) is 0 Å². The number of rotatable bonds is 3. The zero-order chi connectivity index (χ0) is 12.4. The molecule has 1 aliphatic heterocycles. The second-order valence-electron chi connectivity index (χ2n) is 5.70. The number of nitrogens with one attached hydrogen (secondary N) is 1. The Kier molecular flexibility index (Phi) is 3.87. The molecule has 17 heavy (non-hydrogen) atoms. The van der Waals surface area contributed by atoms with Crippen molar-refractivity contribution < 1.29 is 0 Å². The van der Waals surface area contributed by atoms with Crippen molar-refractivity contribution in [2.45, 2.75) is 46.0 Å². The quantitative estimate of drug-likeness (QED) is 0.872. The van der Waals surface area contributed by atoms with E-state index in [4.69, 9.17) is 5.10 Å². The minimum Gasteiger partial charge on any atom is -0.317 e. The number of hydrogen-bond acceptors (Lipinski definition) is 2. The third kappa shape index (κ3) is 2.71. The molecule has 1 aromatic heterocycles. The summed E-state index contributed by atoms with van der Waals surface area (Å²) in [4.78, 5) is 0. The molecule has 0 saturated carbocycles. The van der Waals surface area contributed by atoms with Crippen LogP contribution in [0, 0.1) is 12.8 Å². The number of aryl methyl sites for hydroxylation is 1. The molecular weight excluding hydrogens is 210 g/mol.